The van der Waals surface area contributed by atoms with Crippen molar-refractivity contribution >= 4 is 0 Å². The molecule has 0 aromatic heterocycles. The van der Waals surface area contributed by atoms with Gasteiger partial charge in [-0.2, -0.15) is 0 Å². The van der Waals surface area contributed by atoms with Crippen molar-refractivity contribution in [3.8, 4) is 5.75 Å². The van der Waals surface area contributed by atoms with Gasteiger partial charge in [0.05, 0.1) is 12.1 Å². The zero-order valence-electron chi connectivity index (χ0n) is 10.9. The third kappa shape index (κ3) is 2.11. The molecule has 1 aromatic rings. The van der Waals surface area contributed by atoms with Gasteiger partial charge >= 0.3 is 0 Å². The molecule has 1 aromatic carbocycles. The van der Waals surface area contributed by atoms with E-state index in [0.717, 1.165) is 37.5 Å². The quantitative estimate of drug-likeness (QED) is 0.793. The fourth-order valence-corrected chi connectivity index (χ4v) is 2.86. The number of benzene rings is 1. The number of fused-ring (bicyclic) bond motifs is 1. The smallest absolute Gasteiger partial charge is 0.124 e. The van der Waals surface area contributed by atoms with Crippen LogP contribution in [0, 0.1) is 0 Å². The lowest BCUT2D eigenvalue weighted by Gasteiger charge is -2.42. The molecule has 2 N–H and O–H groups in total. The van der Waals surface area contributed by atoms with Gasteiger partial charge in [-0.05, 0) is 13.1 Å². The topological polar surface area (TPSA) is 41.7 Å². The summed E-state index contributed by atoms with van der Waals surface area (Å²) in [6.45, 7) is 5.11. The maximum Gasteiger partial charge on any atom is 0.124 e. The molecular weight excluding hydrogens is 226 g/mol. The van der Waals surface area contributed by atoms with Crippen molar-refractivity contribution in [3.63, 3.8) is 0 Å². The zero-order valence-corrected chi connectivity index (χ0v) is 10.9. The number of hydrogen-bond acceptors (Lipinski definition) is 4. The summed E-state index contributed by atoms with van der Waals surface area (Å²) in [6, 6.07) is 8.51. The molecule has 0 spiro atoms. The second-order valence-corrected chi connectivity index (χ2v) is 5.28. The van der Waals surface area contributed by atoms with E-state index < -0.39 is 0 Å². The molecule has 2 aliphatic heterocycles. The minimum Gasteiger partial charge on any atom is -0.492 e. The van der Waals surface area contributed by atoms with Crippen molar-refractivity contribution in [3.05, 3.63) is 29.8 Å². The van der Waals surface area contributed by atoms with E-state index in [1.807, 2.05) is 18.2 Å². The van der Waals surface area contributed by atoms with E-state index in [2.05, 4.69) is 22.9 Å². The summed E-state index contributed by atoms with van der Waals surface area (Å²) in [5.74, 6) is 0.954. The number of piperazine rings is 1. The van der Waals surface area contributed by atoms with E-state index in [4.69, 9.17) is 10.5 Å². The first-order valence-corrected chi connectivity index (χ1v) is 6.65. The van der Waals surface area contributed by atoms with Crippen molar-refractivity contribution in [2.75, 3.05) is 39.8 Å². The number of para-hydroxylation sites is 1. The van der Waals surface area contributed by atoms with Gasteiger partial charge in [0.1, 0.15) is 12.4 Å². The van der Waals surface area contributed by atoms with Crippen LogP contribution < -0.4 is 10.5 Å². The maximum atomic E-state index is 6.42. The number of nitrogens with two attached hydrogens (primary N) is 1. The van der Waals surface area contributed by atoms with Crippen molar-refractivity contribution in [2.45, 2.75) is 12.1 Å². The third-order valence-electron chi connectivity index (χ3n) is 4.11. The first-order valence-electron chi connectivity index (χ1n) is 6.65. The van der Waals surface area contributed by atoms with Crippen LogP contribution >= 0.6 is 0 Å². The molecule has 0 radical (unpaired) electrons. The van der Waals surface area contributed by atoms with Crippen molar-refractivity contribution in [1.29, 1.82) is 0 Å². The van der Waals surface area contributed by atoms with E-state index in [9.17, 15) is 0 Å². The van der Waals surface area contributed by atoms with Crippen LogP contribution in [-0.4, -0.2) is 55.7 Å². The molecule has 4 heteroatoms. The van der Waals surface area contributed by atoms with Gasteiger partial charge in [-0.3, -0.25) is 4.90 Å². The van der Waals surface area contributed by atoms with Crippen LogP contribution in [0.5, 0.6) is 5.75 Å². The second-order valence-electron chi connectivity index (χ2n) is 5.28. The molecule has 98 valence electrons. The molecule has 2 aliphatic rings. The lowest BCUT2D eigenvalue weighted by atomic mass is 9.95. The van der Waals surface area contributed by atoms with Gasteiger partial charge in [0.15, 0.2) is 0 Å². The van der Waals surface area contributed by atoms with Crippen LogP contribution in [0.4, 0.5) is 0 Å². The Balaban J connectivity index is 1.76. The molecule has 0 bridgehead atoms. The van der Waals surface area contributed by atoms with Gasteiger partial charge < -0.3 is 15.4 Å². The number of hydrogen-bond donors (Lipinski definition) is 1. The minimum atomic E-state index is 0.0679. The SMILES string of the molecule is CN1CCN(C2COc3ccccc3C2N)CC1. The Morgan fingerprint density at radius 3 is 2.67 bits per heavy atom. The molecule has 3 rings (SSSR count). The standard InChI is InChI=1S/C14H21N3O/c1-16-6-8-17(9-7-16)12-10-18-13-5-3-2-4-11(13)14(12)15/h2-5,12,14H,6-10,15H2,1H3. The van der Waals surface area contributed by atoms with E-state index in [0.29, 0.717) is 12.6 Å². The van der Waals surface area contributed by atoms with Crippen LogP contribution in [0.3, 0.4) is 0 Å². The van der Waals surface area contributed by atoms with Crippen molar-refractivity contribution < 1.29 is 4.74 Å². The van der Waals surface area contributed by atoms with Crippen LogP contribution in [0.2, 0.25) is 0 Å². The Labute approximate surface area is 108 Å². The van der Waals surface area contributed by atoms with Crippen LogP contribution in [-0.2, 0) is 0 Å². The number of likely N-dealkylation sites (N-methyl/N-ethyl adjacent to an activating group) is 1. The second kappa shape index (κ2) is 4.88. The molecule has 0 saturated carbocycles. The number of rotatable bonds is 1. The highest BCUT2D eigenvalue weighted by molar-refractivity contribution is 5.38. The highest BCUT2D eigenvalue weighted by atomic mass is 16.5. The third-order valence-corrected chi connectivity index (χ3v) is 4.11. The molecule has 4 nitrogen and oxygen atoms in total. The predicted molar refractivity (Wildman–Crippen MR) is 71.7 cm³/mol. The minimum absolute atomic E-state index is 0.0679. The molecule has 2 heterocycles. The van der Waals surface area contributed by atoms with Gasteiger partial charge in [0.25, 0.3) is 0 Å². The fourth-order valence-electron chi connectivity index (χ4n) is 2.86. The molecular formula is C14H21N3O. The normalized spacial score (nSPS) is 29.7. The molecule has 2 atom stereocenters. The summed E-state index contributed by atoms with van der Waals surface area (Å²) in [7, 11) is 2.17. The van der Waals surface area contributed by atoms with Gasteiger partial charge in [0, 0.05) is 31.7 Å². The first-order chi connectivity index (χ1) is 8.75. The maximum absolute atomic E-state index is 6.42. The van der Waals surface area contributed by atoms with Gasteiger partial charge in [-0.1, -0.05) is 18.2 Å². The predicted octanol–water partition coefficient (Wildman–Crippen LogP) is 0.695. The summed E-state index contributed by atoms with van der Waals surface area (Å²) in [4.78, 5) is 4.83. The average Bonchev–Trinajstić information content (AvgIpc) is 2.41. The summed E-state index contributed by atoms with van der Waals surface area (Å²) in [5, 5.41) is 0. The summed E-state index contributed by atoms with van der Waals surface area (Å²) >= 11 is 0. The Hall–Kier alpha value is -1.10. The summed E-state index contributed by atoms with van der Waals surface area (Å²) in [6.07, 6.45) is 0. The van der Waals surface area contributed by atoms with Gasteiger partial charge in [-0.25, -0.2) is 0 Å². The van der Waals surface area contributed by atoms with Crippen molar-refractivity contribution in [2.24, 2.45) is 5.73 Å². The van der Waals surface area contributed by atoms with E-state index in [1.165, 1.54) is 0 Å². The fraction of sp³-hybridized carbons (Fsp3) is 0.571. The number of ether oxygens (including phenoxy) is 1. The molecule has 1 fully saturated rings. The average molecular weight is 247 g/mol. The largest absolute Gasteiger partial charge is 0.492 e. The molecule has 0 aliphatic carbocycles. The first kappa shape index (κ1) is 12.0. The lowest BCUT2D eigenvalue weighted by molar-refractivity contribution is 0.0576. The Morgan fingerprint density at radius 2 is 1.89 bits per heavy atom. The Kier molecular flexibility index (Phi) is 3.24. The van der Waals surface area contributed by atoms with E-state index in [-0.39, 0.29) is 6.04 Å². The van der Waals surface area contributed by atoms with Crippen LogP contribution in [0.15, 0.2) is 24.3 Å². The molecule has 2 unspecified atom stereocenters. The van der Waals surface area contributed by atoms with E-state index >= 15 is 0 Å². The lowest BCUT2D eigenvalue weighted by Crippen LogP contribution is -2.55. The molecule has 1 saturated heterocycles. The number of nitrogens with zero attached hydrogens (tertiary/aromatic N) is 2. The van der Waals surface area contributed by atoms with Gasteiger partial charge in [-0.15, -0.1) is 0 Å². The highest BCUT2D eigenvalue weighted by Gasteiger charge is 2.33. The van der Waals surface area contributed by atoms with Gasteiger partial charge in [0.2, 0.25) is 0 Å². The van der Waals surface area contributed by atoms with Crippen molar-refractivity contribution in [1.82, 2.24) is 9.80 Å². The Morgan fingerprint density at radius 1 is 1.17 bits per heavy atom. The Bertz CT molecular complexity index is 415. The monoisotopic (exact) mass is 247 g/mol. The molecule has 0 amide bonds. The summed E-state index contributed by atoms with van der Waals surface area (Å²) in [5.41, 5.74) is 7.57. The zero-order chi connectivity index (χ0) is 12.5. The van der Waals surface area contributed by atoms with Crippen LogP contribution in [0.1, 0.15) is 11.6 Å². The molecule has 18 heavy (non-hydrogen) atoms. The highest BCUT2D eigenvalue weighted by Crippen LogP contribution is 2.32. The van der Waals surface area contributed by atoms with E-state index in [1.54, 1.807) is 0 Å². The summed E-state index contributed by atoms with van der Waals surface area (Å²) < 4.78 is 5.85. The van der Waals surface area contributed by atoms with Crippen LogP contribution in [0.25, 0.3) is 0 Å².